The highest BCUT2D eigenvalue weighted by atomic mass is 32.2. The number of piperidine rings is 1. The van der Waals surface area contributed by atoms with Gasteiger partial charge in [0.1, 0.15) is 0 Å². The first-order valence-corrected chi connectivity index (χ1v) is 15.3. The van der Waals surface area contributed by atoms with Crippen molar-refractivity contribution >= 4 is 31.7 Å². The number of carbonyl (C=O) groups excluding carboxylic acids is 2. The van der Waals surface area contributed by atoms with Gasteiger partial charge in [-0.2, -0.15) is 4.31 Å². The normalized spacial score (nSPS) is 21.2. The lowest BCUT2D eigenvalue weighted by molar-refractivity contribution is -0.157. The van der Waals surface area contributed by atoms with Crippen LogP contribution >= 0.6 is 0 Å². The third-order valence-electron chi connectivity index (χ3n) is 6.77. The molecule has 35 heavy (non-hydrogen) atoms. The van der Waals surface area contributed by atoms with Gasteiger partial charge in [-0.1, -0.05) is 19.9 Å². The van der Waals surface area contributed by atoms with Crippen LogP contribution in [0.4, 0.5) is 0 Å². The van der Waals surface area contributed by atoms with Crippen LogP contribution in [0.2, 0.25) is 0 Å². The van der Waals surface area contributed by atoms with Crippen molar-refractivity contribution in [1.82, 2.24) is 9.21 Å². The van der Waals surface area contributed by atoms with Gasteiger partial charge in [0.25, 0.3) is 5.91 Å². The first kappa shape index (κ1) is 27.6. The van der Waals surface area contributed by atoms with Gasteiger partial charge in [-0.25, -0.2) is 16.8 Å². The molecule has 1 aromatic carbocycles. The molecule has 3 rings (SSSR count). The minimum absolute atomic E-state index is 0.0585. The molecule has 2 heterocycles. The summed E-state index contributed by atoms with van der Waals surface area (Å²) in [5, 5.41) is 0. The predicted molar refractivity (Wildman–Crippen MR) is 132 cm³/mol. The Morgan fingerprint density at radius 3 is 2.31 bits per heavy atom. The van der Waals surface area contributed by atoms with E-state index in [1.807, 2.05) is 27.7 Å². The van der Waals surface area contributed by atoms with Crippen molar-refractivity contribution < 1.29 is 31.2 Å². The minimum atomic E-state index is -3.65. The SMILES string of the molecule is Cc1ccc(S(=O)(=O)N2CCC(C(=O)OCC(=O)N(CC(C)C)[C@H]3CCS(=O)(=O)C3)CC2)cc1C. The van der Waals surface area contributed by atoms with Gasteiger partial charge in [0, 0.05) is 25.7 Å². The molecule has 2 aliphatic heterocycles. The van der Waals surface area contributed by atoms with E-state index in [-0.39, 0.29) is 35.4 Å². The molecule has 0 radical (unpaired) electrons. The number of aryl methyl sites for hydroxylation is 2. The number of hydrogen-bond acceptors (Lipinski definition) is 7. The predicted octanol–water partition coefficient (Wildman–Crippen LogP) is 1.92. The number of ether oxygens (including phenoxy) is 1. The largest absolute Gasteiger partial charge is 0.455 e. The minimum Gasteiger partial charge on any atom is -0.455 e. The molecule has 0 aromatic heterocycles. The van der Waals surface area contributed by atoms with Crippen LogP contribution < -0.4 is 0 Å². The molecule has 0 aliphatic carbocycles. The van der Waals surface area contributed by atoms with Crippen LogP contribution in [0.5, 0.6) is 0 Å². The van der Waals surface area contributed by atoms with Gasteiger partial charge in [0.15, 0.2) is 16.4 Å². The number of esters is 1. The molecule has 0 saturated carbocycles. The van der Waals surface area contributed by atoms with Crippen LogP contribution in [-0.2, 0) is 34.2 Å². The van der Waals surface area contributed by atoms with Gasteiger partial charge in [0.2, 0.25) is 10.0 Å². The molecule has 2 fully saturated rings. The van der Waals surface area contributed by atoms with E-state index in [4.69, 9.17) is 4.74 Å². The maximum Gasteiger partial charge on any atom is 0.309 e. The monoisotopic (exact) mass is 528 g/mol. The average Bonchev–Trinajstić information content (AvgIpc) is 3.16. The number of sulfone groups is 1. The summed E-state index contributed by atoms with van der Waals surface area (Å²) in [5.74, 6) is -1.27. The van der Waals surface area contributed by atoms with Gasteiger partial charge in [-0.05, 0) is 62.3 Å². The van der Waals surface area contributed by atoms with E-state index >= 15 is 0 Å². The second kappa shape index (κ2) is 11.0. The Balaban J connectivity index is 1.54. The number of nitrogens with zero attached hydrogens (tertiary/aromatic N) is 2. The summed E-state index contributed by atoms with van der Waals surface area (Å²) < 4.78 is 56.4. The first-order chi connectivity index (χ1) is 16.3. The Labute approximate surface area is 208 Å². The molecule has 2 aliphatic rings. The van der Waals surface area contributed by atoms with Crippen molar-refractivity contribution in [3.63, 3.8) is 0 Å². The topological polar surface area (TPSA) is 118 Å². The van der Waals surface area contributed by atoms with Crippen molar-refractivity contribution in [2.75, 3.05) is 37.7 Å². The van der Waals surface area contributed by atoms with Crippen molar-refractivity contribution in [2.24, 2.45) is 11.8 Å². The lowest BCUT2D eigenvalue weighted by Crippen LogP contribution is -2.45. The molecule has 11 heteroatoms. The molecular formula is C24H36N2O7S2. The van der Waals surface area contributed by atoms with E-state index in [1.165, 1.54) is 9.21 Å². The number of hydrogen-bond donors (Lipinski definition) is 0. The molecule has 1 amide bonds. The van der Waals surface area contributed by atoms with Crippen molar-refractivity contribution in [3.8, 4) is 0 Å². The number of sulfonamides is 1. The second-order valence-electron chi connectivity index (χ2n) is 10.0. The average molecular weight is 529 g/mol. The second-order valence-corrected chi connectivity index (χ2v) is 14.2. The maximum absolute atomic E-state index is 13.0. The number of rotatable bonds is 8. The molecule has 1 aromatic rings. The lowest BCUT2D eigenvalue weighted by Gasteiger charge is -2.31. The summed E-state index contributed by atoms with van der Waals surface area (Å²) in [6.07, 6.45) is 1.02. The van der Waals surface area contributed by atoms with Crippen LogP contribution in [0, 0.1) is 25.7 Å². The fraction of sp³-hybridized carbons (Fsp3) is 0.667. The summed E-state index contributed by atoms with van der Waals surface area (Å²) in [5.41, 5.74) is 1.91. The molecule has 0 unspecified atom stereocenters. The van der Waals surface area contributed by atoms with Gasteiger partial charge >= 0.3 is 5.97 Å². The van der Waals surface area contributed by atoms with Gasteiger partial charge in [-0.3, -0.25) is 9.59 Å². The molecule has 9 nitrogen and oxygen atoms in total. The fourth-order valence-corrected chi connectivity index (χ4v) is 7.84. The van der Waals surface area contributed by atoms with Gasteiger partial charge < -0.3 is 9.64 Å². The Bertz CT molecular complexity index is 1150. The smallest absolute Gasteiger partial charge is 0.309 e. The summed E-state index contributed by atoms with van der Waals surface area (Å²) in [6, 6.07) is 4.65. The van der Waals surface area contributed by atoms with Crippen molar-refractivity contribution in [2.45, 2.75) is 57.9 Å². The third kappa shape index (κ3) is 6.83. The van der Waals surface area contributed by atoms with E-state index in [2.05, 4.69) is 0 Å². The van der Waals surface area contributed by atoms with Crippen LogP contribution in [0.1, 0.15) is 44.2 Å². The molecule has 0 spiro atoms. The third-order valence-corrected chi connectivity index (χ3v) is 10.4. The Kier molecular flexibility index (Phi) is 8.64. The highest BCUT2D eigenvalue weighted by molar-refractivity contribution is 7.91. The van der Waals surface area contributed by atoms with E-state index in [9.17, 15) is 26.4 Å². The summed E-state index contributed by atoms with van der Waals surface area (Å²) >= 11 is 0. The van der Waals surface area contributed by atoms with E-state index in [0.717, 1.165) is 11.1 Å². The van der Waals surface area contributed by atoms with Crippen LogP contribution in [-0.4, -0.2) is 81.7 Å². The first-order valence-electron chi connectivity index (χ1n) is 12.0. The van der Waals surface area contributed by atoms with E-state index in [1.54, 1.807) is 18.2 Å². The molecule has 0 N–H and O–H groups in total. The molecular weight excluding hydrogens is 492 g/mol. The maximum atomic E-state index is 13.0. The van der Waals surface area contributed by atoms with Crippen LogP contribution in [0.15, 0.2) is 23.1 Å². The standard InChI is InChI=1S/C24H36N2O7S2/c1-17(2)14-26(21-9-12-34(29,30)16-21)23(27)15-33-24(28)20-7-10-25(11-8-20)35(31,32)22-6-5-18(3)19(4)13-22/h5-6,13,17,20-21H,7-12,14-16H2,1-4H3/t21-/m0/s1. The highest BCUT2D eigenvalue weighted by Crippen LogP contribution is 2.26. The van der Waals surface area contributed by atoms with Crippen molar-refractivity contribution in [1.29, 1.82) is 0 Å². The fourth-order valence-electron chi connectivity index (χ4n) is 4.56. The highest BCUT2D eigenvalue weighted by Gasteiger charge is 2.36. The molecule has 2 saturated heterocycles. The van der Waals surface area contributed by atoms with Crippen LogP contribution in [0.25, 0.3) is 0 Å². The number of amides is 1. The van der Waals surface area contributed by atoms with Gasteiger partial charge in [-0.15, -0.1) is 0 Å². The summed E-state index contributed by atoms with van der Waals surface area (Å²) in [7, 11) is -6.80. The zero-order valence-electron chi connectivity index (χ0n) is 20.9. The van der Waals surface area contributed by atoms with E-state index < -0.39 is 50.3 Å². The summed E-state index contributed by atoms with van der Waals surface area (Å²) in [4.78, 5) is 27.2. The zero-order chi connectivity index (χ0) is 26.0. The summed E-state index contributed by atoms with van der Waals surface area (Å²) in [6.45, 7) is 8.02. The number of carbonyl (C=O) groups is 2. The lowest BCUT2D eigenvalue weighted by atomic mass is 9.98. The Hall–Kier alpha value is -1.98. The molecule has 0 bridgehead atoms. The quantitative estimate of drug-likeness (QED) is 0.473. The van der Waals surface area contributed by atoms with Gasteiger partial charge in [0.05, 0.1) is 22.3 Å². The zero-order valence-corrected chi connectivity index (χ0v) is 22.5. The van der Waals surface area contributed by atoms with E-state index in [0.29, 0.717) is 25.8 Å². The molecule has 196 valence electrons. The van der Waals surface area contributed by atoms with Crippen LogP contribution in [0.3, 0.4) is 0 Å². The Morgan fingerprint density at radius 2 is 1.77 bits per heavy atom. The van der Waals surface area contributed by atoms with Crippen molar-refractivity contribution in [3.05, 3.63) is 29.3 Å². The molecule has 1 atom stereocenters. The number of benzene rings is 1. The Morgan fingerprint density at radius 1 is 1.11 bits per heavy atom.